The second-order valence-electron chi connectivity index (χ2n) is 9.29. The summed E-state index contributed by atoms with van der Waals surface area (Å²) < 4.78 is 6.22. The summed E-state index contributed by atoms with van der Waals surface area (Å²) in [6, 6.07) is 0. The first-order valence-electron chi connectivity index (χ1n) is 10.1. The molecule has 2 nitrogen and oxygen atoms in total. The predicted octanol–water partition coefficient (Wildman–Crippen LogP) is 4.84. The zero-order valence-corrected chi connectivity index (χ0v) is 15.0. The SMILES string of the molecule is C=C1C[C@@]2(C)[C@@H](CC[C@]23OCCC3=O)[C@@H]2CCC3=CCCC[C@@H]3[C@@H]12. The molecule has 0 radical (unpaired) electrons. The molecule has 0 aromatic carbocycles. The van der Waals surface area contributed by atoms with Crippen molar-refractivity contribution in [2.75, 3.05) is 6.61 Å². The van der Waals surface area contributed by atoms with Gasteiger partial charge < -0.3 is 4.74 Å². The van der Waals surface area contributed by atoms with Crippen LogP contribution in [0.4, 0.5) is 0 Å². The summed E-state index contributed by atoms with van der Waals surface area (Å²) in [4.78, 5) is 12.8. The first kappa shape index (κ1) is 15.4. The van der Waals surface area contributed by atoms with Gasteiger partial charge in [-0.15, -0.1) is 0 Å². The van der Waals surface area contributed by atoms with E-state index in [4.69, 9.17) is 4.74 Å². The van der Waals surface area contributed by atoms with Crippen LogP contribution in [-0.4, -0.2) is 18.0 Å². The molecule has 4 aliphatic carbocycles. The minimum Gasteiger partial charge on any atom is -0.366 e. The second-order valence-corrected chi connectivity index (χ2v) is 9.29. The third kappa shape index (κ3) is 1.74. The Morgan fingerprint density at radius 3 is 2.92 bits per heavy atom. The van der Waals surface area contributed by atoms with Gasteiger partial charge in [-0.2, -0.15) is 0 Å². The van der Waals surface area contributed by atoms with Gasteiger partial charge in [0, 0.05) is 11.8 Å². The number of hydrogen-bond acceptors (Lipinski definition) is 2. The van der Waals surface area contributed by atoms with Gasteiger partial charge in [-0.1, -0.05) is 30.7 Å². The lowest BCUT2D eigenvalue weighted by atomic mass is 9.49. The van der Waals surface area contributed by atoms with Crippen LogP contribution in [0.3, 0.4) is 0 Å². The van der Waals surface area contributed by atoms with Crippen LogP contribution in [0.1, 0.15) is 64.7 Å². The van der Waals surface area contributed by atoms with Gasteiger partial charge in [0.2, 0.25) is 0 Å². The third-order valence-electron chi connectivity index (χ3n) is 8.52. The van der Waals surface area contributed by atoms with E-state index in [1.54, 1.807) is 5.57 Å². The van der Waals surface area contributed by atoms with E-state index in [2.05, 4.69) is 19.6 Å². The first-order chi connectivity index (χ1) is 11.6. The Balaban J connectivity index is 1.54. The van der Waals surface area contributed by atoms with Crippen LogP contribution in [0.25, 0.3) is 0 Å². The van der Waals surface area contributed by atoms with E-state index in [0.717, 1.165) is 24.7 Å². The summed E-state index contributed by atoms with van der Waals surface area (Å²) in [5.74, 6) is 3.19. The molecule has 0 unspecified atom stereocenters. The standard InChI is InChI=1S/C22H30O2/c1-14-13-21(2)18(9-11-22(21)19(23)10-12-24-22)17-8-7-15-5-3-4-6-16(15)20(14)17/h5,16-18,20H,1,3-4,6-13H2,2H3/t16-,17-,18-,20+,21-,22+/m0/s1. The van der Waals surface area contributed by atoms with Gasteiger partial charge in [-0.3, -0.25) is 4.79 Å². The average Bonchev–Trinajstić information content (AvgIpc) is 3.09. The van der Waals surface area contributed by atoms with Crippen molar-refractivity contribution in [1.29, 1.82) is 0 Å². The van der Waals surface area contributed by atoms with E-state index in [9.17, 15) is 4.79 Å². The first-order valence-corrected chi connectivity index (χ1v) is 10.1. The van der Waals surface area contributed by atoms with Gasteiger partial charge in [-0.05, 0) is 75.0 Å². The fourth-order valence-corrected chi connectivity index (χ4v) is 7.62. The monoisotopic (exact) mass is 326 g/mol. The van der Waals surface area contributed by atoms with Crippen molar-refractivity contribution < 1.29 is 9.53 Å². The molecule has 130 valence electrons. The Labute approximate surface area is 145 Å². The Bertz CT molecular complexity index is 632. The number of Topliss-reactive ketones (excluding diaryl/α,β-unsaturated/α-hetero) is 1. The third-order valence-corrected chi connectivity index (χ3v) is 8.52. The van der Waals surface area contributed by atoms with Crippen molar-refractivity contribution in [3.63, 3.8) is 0 Å². The Kier molecular flexibility index (Phi) is 3.24. The molecule has 1 aliphatic heterocycles. The van der Waals surface area contributed by atoms with Crippen LogP contribution in [-0.2, 0) is 9.53 Å². The number of ketones is 1. The number of rotatable bonds is 0. The van der Waals surface area contributed by atoms with Gasteiger partial charge in [0.25, 0.3) is 0 Å². The molecule has 24 heavy (non-hydrogen) atoms. The minimum atomic E-state index is -0.478. The topological polar surface area (TPSA) is 26.3 Å². The summed E-state index contributed by atoms with van der Waals surface area (Å²) in [7, 11) is 0. The molecular formula is C22H30O2. The number of fused-ring (bicyclic) bond motifs is 6. The predicted molar refractivity (Wildman–Crippen MR) is 94.5 cm³/mol. The van der Waals surface area contributed by atoms with E-state index < -0.39 is 5.60 Å². The van der Waals surface area contributed by atoms with Crippen molar-refractivity contribution in [2.45, 2.75) is 70.3 Å². The average molecular weight is 326 g/mol. The number of hydrogen-bond donors (Lipinski definition) is 0. The minimum absolute atomic E-state index is 0.00524. The maximum Gasteiger partial charge on any atom is 0.167 e. The quantitative estimate of drug-likeness (QED) is 0.595. The molecule has 6 atom stereocenters. The Morgan fingerprint density at radius 2 is 2.12 bits per heavy atom. The molecule has 1 heterocycles. The maximum atomic E-state index is 12.8. The maximum absolute atomic E-state index is 12.8. The molecule has 0 aromatic heterocycles. The molecule has 0 aromatic rings. The lowest BCUT2D eigenvalue weighted by molar-refractivity contribution is -0.151. The van der Waals surface area contributed by atoms with Crippen molar-refractivity contribution in [1.82, 2.24) is 0 Å². The molecular weight excluding hydrogens is 296 g/mol. The van der Waals surface area contributed by atoms with Gasteiger partial charge >= 0.3 is 0 Å². The highest BCUT2D eigenvalue weighted by Crippen LogP contribution is 2.67. The van der Waals surface area contributed by atoms with Gasteiger partial charge in [-0.25, -0.2) is 0 Å². The van der Waals surface area contributed by atoms with Crippen LogP contribution in [0.5, 0.6) is 0 Å². The molecule has 1 spiro atoms. The highest BCUT2D eigenvalue weighted by atomic mass is 16.5. The fraction of sp³-hybridized carbons (Fsp3) is 0.773. The van der Waals surface area contributed by atoms with Crippen LogP contribution in [0.15, 0.2) is 23.8 Å². The van der Waals surface area contributed by atoms with Crippen molar-refractivity contribution in [3.8, 4) is 0 Å². The largest absolute Gasteiger partial charge is 0.366 e. The van der Waals surface area contributed by atoms with E-state index in [0.29, 0.717) is 30.6 Å². The van der Waals surface area contributed by atoms with E-state index >= 15 is 0 Å². The Hall–Kier alpha value is -0.890. The normalized spacial score (nSPS) is 50.5. The molecule has 2 heteroatoms. The Morgan fingerprint density at radius 1 is 1.25 bits per heavy atom. The number of carbonyl (C=O) groups is 1. The van der Waals surface area contributed by atoms with E-state index in [1.807, 2.05) is 0 Å². The number of ether oxygens (including phenoxy) is 1. The van der Waals surface area contributed by atoms with Crippen LogP contribution in [0.2, 0.25) is 0 Å². The van der Waals surface area contributed by atoms with E-state index in [-0.39, 0.29) is 5.41 Å². The molecule has 5 rings (SSSR count). The van der Waals surface area contributed by atoms with Crippen LogP contribution in [0, 0.1) is 29.1 Å². The number of carbonyl (C=O) groups excluding carboxylic acids is 1. The molecule has 1 saturated heterocycles. The van der Waals surface area contributed by atoms with Gasteiger partial charge in [0.15, 0.2) is 5.78 Å². The molecule has 3 saturated carbocycles. The molecule has 0 bridgehead atoms. The number of allylic oxidation sites excluding steroid dienone is 3. The molecule has 4 fully saturated rings. The zero-order chi connectivity index (χ0) is 16.5. The zero-order valence-electron chi connectivity index (χ0n) is 15.0. The second kappa shape index (κ2) is 5.06. The van der Waals surface area contributed by atoms with Crippen molar-refractivity contribution >= 4 is 5.78 Å². The fourth-order valence-electron chi connectivity index (χ4n) is 7.62. The van der Waals surface area contributed by atoms with Gasteiger partial charge in [0.1, 0.15) is 5.60 Å². The van der Waals surface area contributed by atoms with Crippen molar-refractivity contribution in [2.24, 2.45) is 29.1 Å². The van der Waals surface area contributed by atoms with Crippen LogP contribution >= 0.6 is 0 Å². The van der Waals surface area contributed by atoms with Crippen molar-refractivity contribution in [3.05, 3.63) is 23.8 Å². The summed E-state index contributed by atoms with van der Waals surface area (Å²) in [6.07, 6.45) is 12.9. The summed E-state index contributed by atoms with van der Waals surface area (Å²) >= 11 is 0. The molecule has 0 N–H and O–H groups in total. The summed E-state index contributed by atoms with van der Waals surface area (Å²) in [5.41, 5.74) is 2.68. The summed E-state index contributed by atoms with van der Waals surface area (Å²) in [6.45, 7) is 7.58. The van der Waals surface area contributed by atoms with Gasteiger partial charge in [0.05, 0.1) is 6.61 Å². The molecule has 0 amide bonds. The van der Waals surface area contributed by atoms with Crippen LogP contribution < -0.4 is 0 Å². The highest BCUT2D eigenvalue weighted by Gasteiger charge is 2.68. The lowest BCUT2D eigenvalue weighted by Gasteiger charge is -2.56. The summed E-state index contributed by atoms with van der Waals surface area (Å²) in [5, 5.41) is 0. The molecule has 5 aliphatic rings. The van der Waals surface area contributed by atoms with E-state index in [1.165, 1.54) is 44.1 Å². The highest BCUT2D eigenvalue weighted by molar-refractivity contribution is 5.90. The smallest absolute Gasteiger partial charge is 0.167 e. The lowest BCUT2D eigenvalue weighted by Crippen LogP contribution is -2.55.